The van der Waals surface area contributed by atoms with Crippen molar-refractivity contribution in [2.24, 2.45) is 5.73 Å². The van der Waals surface area contributed by atoms with Gasteiger partial charge in [-0.25, -0.2) is 8.42 Å². The number of sulfonamides is 1. The van der Waals surface area contributed by atoms with E-state index in [-0.39, 0.29) is 11.3 Å². The first-order chi connectivity index (χ1) is 6.16. The van der Waals surface area contributed by atoms with Crippen molar-refractivity contribution in [2.45, 2.75) is 37.0 Å². The lowest BCUT2D eigenvalue weighted by Crippen LogP contribution is -2.41. The summed E-state index contributed by atoms with van der Waals surface area (Å²) in [5.41, 5.74) is 5.54. The van der Waals surface area contributed by atoms with Crippen molar-refractivity contribution in [3.8, 4) is 0 Å². The van der Waals surface area contributed by atoms with Crippen LogP contribution in [-0.4, -0.2) is 37.1 Å². The molecule has 1 saturated carbocycles. The smallest absolute Gasteiger partial charge is 0.217 e. The first-order valence-electron chi connectivity index (χ1n) is 4.87. The third kappa shape index (κ3) is 1.60. The molecule has 0 aromatic rings. The van der Waals surface area contributed by atoms with Gasteiger partial charge >= 0.3 is 0 Å². The van der Waals surface area contributed by atoms with E-state index >= 15 is 0 Å². The molecule has 2 fully saturated rings. The summed E-state index contributed by atoms with van der Waals surface area (Å²) in [5.74, 6) is 0. The van der Waals surface area contributed by atoms with Crippen LogP contribution < -0.4 is 5.73 Å². The maximum absolute atomic E-state index is 11.8. The second-order valence-corrected chi connectivity index (χ2v) is 6.05. The van der Waals surface area contributed by atoms with E-state index < -0.39 is 10.0 Å². The molecule has 0 aromatic heterocycles. The Kier molecular flexibility index (Phi) is 2.33. The standard InChI is InChI=1S/C8H16N2O2S/c9-6-7-2-1-5-10(7)13(11,12)8-3-4-8/h7-8H,1-6,9H2/t7-/m0/s1. The fourth-order valence-electron chi connectivity index (χ4n) is 1.94. The maximum atomic E-state index is 11.8. The van der Waals surface area contributed by atoms with Gasteiger partial charge in [-0.1, -0.05) is 0 Å². The molecule has 0 amide bonds. The molecule has 2 aliphatic rings. The van der Waals surface area contributed by atoms with Gasteiger partial charge in [0.2, 0.25) is 10.0 Å². The van der Waals surface area contributed by atoms with Crippen molar-refractivity contribution in [3.63, 3.8) is 0 Å². The highest BCUT2D eigenvalue weighted by Gasteiger charge is 2.43. The van der Waals surface area contributed by atoms with E-state index in [1.54, 1.807) is 4.31 Å². The van der Waals surface area contributed by atoms with Crippen LogP contribution in [-0.2, 0) is 10.0 Å². The van der Waals surface area contributed by atoms with Gasteiger partial charge in [0.15, 0.2) is 0 Å². The number of nitrogens with zero attached hydrogens (tertiary/aromatic N) is 1. The van der Waals surface area contributed by atoms with Crippen LogP contribution in [0.4, 0.5) is 0 Å². The number of rotatable bonds is 3. The van der Waals surface area contributed by atoms with E-state index in [1.165, 1.54) is 0 Å². The predicted octanol–water partition coefficient (Wildman–Crippen LogP) is -0.0983. The van der Waals surface area contributed by atoms with Crippen molar-refractivity contribution < 1.29 is 8.42 Å². The van der Waals surface area contributed by atoms with Crippen LogP contribution in [0.1, 0.15) is 25.7 Å². The molecule has 5 heteroatoms. The molecule has 0 unspecified atom stereocenters. The van der Waals surface area contributed by atoms with Crippen LogP contribution >= 0.6 is 0 Å². The van der Waals surface area contributed by atoms with E-state index in [0.29, 0.717) is 13.1 Å². The first kappa shape index (κ1) is 9.43. The average Bonchev–Trinajstić information content (AvgIpc) is 2.84. The molecule has 13 heavy (non-hydrogen) atoms. The second kappa shape index (κ2) is 3.22. The summed E-state index contributed by atoms with van der Waals surface area (Å²) < 4.78 is 25.3. The normalized spacial score (nSPS) is 31.0. The zero-order valence-corrected chi connectivity index (χ0v) is 8.46. The largest absolute Gasteiger partial charge is 0.329 e. The van der Waals surface area contributed by atoms with Gasteiger partial charge in [-0.15, -0.1) is 0 Å². The second-order valence-electron chi connectivity index (χ2n) is 3.89. The molecule has 4 nitrogen and oxygen atoms in total. The summed E-state index contributed by atoms with van der Waals surface area (Å²) in [5, 5.41) is -0.0837. The minimum Gasteiger partial charge on any atom is -0.329 e. The lowest BCUT2D eigenvalue weighted by molar-refractivity contribution is 0.392. The molecule has 1 atom stereocenters. The number of hydrogen-bond acceptors (Lipinski definition) is 3. The van der Waals surface area contributed by atoms with Crippen molar-refractivity contribution in [1.29, 1.82) is 0 Å². The molecule has 1 heterocycles. The van der Waals surface area contributed by atoms with E-state index in [4.69, 9.17) is 5.73 Å². The van der Waals surface area contributed by atoms with Crippen molar-refractivity contribution >= 4 is 10.0 Å². The van der Waals surface area contributed by atoms with Gasteiger partial charge < -0.3 is 5.73 Å². The summed E-state index contributed by atoms with van der Waals surface area (Å²) in [4.78, 5) is 0. The minimum atomic E-state index is -2.97. The molecule has 0 radical (unpaired) electrons. The quantitative estimate of drug-likeness (QED) is 0.698. The monoisotopic (exact) mass is 204 g/mol. The SMILES string of the molecule is NC[C@@H]1CCCN1S(=O)(=O)C1CC1. The highest BCUT2D eigenvalue weighted by Crippen LogP contribution is 2.34. The highest BCUT2D eigenvalue weighted by atomic mass is 32.2. The predicted molar refractivity (Wildman–Crippen MR) is 50.7 cm³/mol. The molecule has 1 aliphatic carbocycles. The van der Waals surface area contributed by atoms with E-state index in [1.807, 2.05) is 0 Å². The summed E-state index contributed by atoms with van der Waals surface area (Å²) >= 11 is 0. The van der Waals surface area contributed by atoms with Crippen LogP contribution in [0.5, 0.6) is 0 Å². The maximum Gasteiger partial charge on any atom is 0.217 e. The van der Waals surface area contributed by atoms with Gasteiger partial charge in [0.1, 0.15) is 0 Å². The molecule has 0 bridgehead atoms. The zero-order valence-electron chi connectivity index (χ0n) is 7.65. The third-order valence-corrected chi connectivity index (χ3v) is 5.32. The zero-order chi connectivity index (χ0) is 9.47. The Morgan fingerprint density at radius 2 is 2.00 bits per heavy atom. The lowest BCUT2D eigenvalue weighted by atomic mass is 10.2. The Bertz CT molecular complexity index is 285. The Hall–Kier alpha value is -0.130. The average molecular weight is 204 g/mol. The van der Waals surface area contributed by atoms with Crippen LogP contribution in [0.25, 0.3) is 0 Å². The molecule has 0 aromatic carbocycles. The summed E-state index contributed by atoms with van der Waals surface area (Å²) in [6.45, 7) is 1.15. The Morgan fingerprint density at radius 3 is 2.54 bits per heavy atom. The highest BCUT2D eigenvalue weighted by molar-refractivity contribution is 7.90. The summed E-state index contributed by atoms with van der Waals surface area (Å²) in [6.07, 6.45) is 3.59. The molecule has 2 N–H and O–H groups in total. The molecule has 1 saturated heterocycles. The Balaban J connectivity index is 2.14. The summed E-state index contributed by atoms with van der Waals surface area (Å²) in [7, 11) is -2.97. The fourth-order valence-corrected chi connectivity index (χ4v) is 4.04. The van der Waals surface area contributed by atoms with Gasteiger partial charge in [-0.2, -0.15) is 4.31 Å². The van der Waals surface area contributed by atoms with E-state index in [2.05, 4.69) is 0 Å². The minimum absolute atomic E-state index is 0.0746. The molecular weight excluding hydrogens is 188 g/mol. The first-order valence-corrected chi connectivity index (χ1v) is 6.37. The Labute approximate surface area is 79.1 Å². The number of nitrogens with two attached hydrogens (primary N) is 1. The van der Waals surface area contributed by atoms with Crippen LogP contribution in [0.2, 0.25) is 0 Å². The van der Waals surface area contributed by atoms with Crippen LogP contribution in [0.3, 0.4) is 0 Å². The van der Waals surface area contributed by atoms with Crippen molar-refractivity contribution in [3.05, 3.63) is 0 Å². The molecule has 2 rings (SSSR count). The third-order valence-electron chi connectivity index (χ3n) is 2.87. The van der Waals surface area contributed by atoms with Crippen molar-refractivity contribution in [1.82, 2.24) is 4.31 Å². The molecule has 76 valence electrons. The van der Waals surface area contributed by atoms with E-state index in [9.17, 15) is 8.42 Å². The lowest BCUT2D eigenvalue weighted by Gasteiger charge is -2.22. The molecular formula is C8H16N2O2S. The summed E-state index contributed by atoms with van der Waals surface area (Å²) in [6, 6.07) is 0.0746. The molecule has 0 spiro atoms. The molecule has 1 aliphatic heterocycles. The van der Waals surface area contributed by atoms with Crippen LogP contribution in [0.15, 0.2) is 0 Å². The van der Waals surface area contributed by atoms with Gasteiger partial charge in [0.05, 0.1) is 5.25 Å². The van der Waals surface area contributed by atoms with Gasteiger partial charge in [0, 0.05) is 19.1 Å². The fraction of sp³-hybridized carbons (Fsp3) is 1.00. The number of hydrogen-bond donors (Lipinski definition) is 1. The van der Waals surface area contributed by atoms with Crippen molar-refractivity contribution in [2.75, 3.05) is 13.1 Å². The topological polar surface area (TPSA) is 63.4 Å². The van der Waals surface area contributed by atoms with Gasteiger partial charge in [0.25, 0.3) is 0 Å². The van der Waals surface area contributed by atoms with Gasteiger partial charge in [-0.3, -0.25) is 0 Å². The Morgan fingerprint density at radius 1 is 1.31 bits per heavy atom. The van der Waals surface area contributed by atoms with Crippen LogP contribution in [0, 0.1) is 0 Å². The van der Waals surface area contributed by atoms with Gasteiger partial charge in [-0.05, 0) is 25.7 Å². The van der Waals surface area contributed by atoms with E-state index in [0.717, 1.165) is 25.7 Å².